The van der Waals surface area contributed by atoms with Gasteiger partial charge in [-0.25, -0.2) is 13.1 Å². The second-order valence-corrected chi connectivity index (χ2v) is 9.10. The normalized spacial score (nSPS) is 17.5. The van der Waals surface area contributed by atoms with Gasteiger partial charge in [0, 0.05) is 38.7 Å². The van der Waals surface area contributed by atoms with Crippen LogP contribution in [0.15, 0.2) is 18.2 Å². The Morgan fingerprint density at radius 2 is 2.11 bits per heavy atom. The second-order valence-electron chi connectivity index (χ2n) is 7.17. The molecule has 1 heterocycles. The van der Waals surface area contributed by atoms with Crippen molar-refractivity contribution in [3.8, 4) is 0 Å². The highest BCUT2D eigenvalue weighted by molar-refractivity contribution is 7.89. The fourth-order valence-electron chi connectivity index (χ4n) is 3.13. The molecular formula is C18H26N4O4S. The Bertz CT molecular complexity index is 821. The van der Waals surface area contributed by atoms with Gasteiger partial charge >= 0.3 is 0 Å². The van der Waals surface area contributed by atoms with Crippen LogP contribution in [0, 0.1) is 5.92 Å². The van der Waals surface area contributed by atoms with E-state index in [0.717, 1.165) is 18.5 Å². The van der Waals surface area contributed by atoms with E-state index in [2.05, 4.69) is 15.4 Å². The number of carbonyl (C=O) groups excluding carboxylic acids is 2. The van der Waals surface area contributed by atoms with Gasteiger partial charge in [0.2, 0.25) is 15.9 Å². The highest BCUT2D eigenvalue weighted by atomic mass is 32.2. The van der Waals surface area contributed by atoms with Crippen LogP contribution in [-0.4, -0.2) is 52.7 Å². The standard InChI is InChI=1S/C18H26N4O4S/c1-22-9-7-17(23)21-15-11-14(5-6-16(15)22)18(24)19-8-10-27(25,26)20-12-13-3-2-4-13/h5-6,11,13,20H,2-4,7-10,12H2,1H3,(H,19,24)(H,21,23). The molecule has 1 aliphatic carbocycles. The van der Waals surface area contributed by atoms with Crippen molar-refractivity contribution in [1.29, 1.82) is 0 Å². The van der Waals surface area contributed by atoms with Crippen molar-refractivity contribution in [2.45, 2.75) is 25.7 Å². The van der Waals surface area contributed by atoms with Gasteiger partial charge in [-0.1, -0.05) is 6.42 Å². The number of nitrogens with zero attached hydrogens (tertiary/aromatic N) is 1. The molecule has 0 bridgehead atoms. The van der Waals surface area contributed by atoms with Gasteiger partial charge in [-0.15, -0.1) is 0 Å². The molecule has 0 aromatic heterocycles. The van der Waals surface area contributed by atoms with Crippen LogP contribution in [0.2, 0.25) is 0 Å². The SMILES string of the molecule is CN1CCC(=O)Nc2cc(C(=O)NCCS(=O)(=O)NCC3CCC3)ccc21. The monoisotopic (exact) mass is 394 g/mol. The summed E-state index contributed by atoms with van der Waals surface area (Å²) in [6.45, 7) is 1.12. The first-order valence-corrected chi connectivity index (χ1v) is 10.9. The summed E-state index contributed by atoms with van der Waals surface area (Å²) in [6, 6.07) is 5.08. The number of sulfonamides is 1. The number of amides is 2. The van der Waals surface area contributed by atoms with Gasteiger partial charge in [0.05, 0.1) is 17.1 Å². The lowest BCUT2D eigenvalue weighted by atomic mass is 9.86. The van der Waals surface area contributed by atoms with Gasteiger partial charge in [0.25, 0.3) is 5.91 Å². The number of hydrogen-bond acceptors (Lipinski definition) is 5. The summed E-state index contributed by atoms with van der Waals surface area (Å²) >= 11 is 0. The van der Waals surface area contributed by atoms with Crippen molar-refractivity contribution in [2.75, 3.05) is 42.7 Å². The topological polar surface area (TPSA) is 108 Å². The molecule has 2 amide bonds. The van der Waals surface area contributed by atoms with Crippen molar-refractivity contribution in [1.82, 2.24) is 10.0 Å². The van der Waals surface area contributed by atoms with E-state index in [1.165, 1.54) is 6.42 Å². The Morgan fingerprint density at radius 3 is 2.81 bits per heavy atom. The molecule has 0 saturated heterocycles. The lowest BCUT2D eigenvalue weighted by Gasteiger charge is -2.25. The van der Waals surface area contributed by atoms with Gasteiger partial charge in [0.1, 0.15) is 0 Å². The Hall–Kier alpha value is -2.13. The third-order valence-electron chi connectivity index (χ3n) is 5.09. The molecule has 1 aliphatic heterocycles. The fraction of sp³-hybridized carbons (Fsp3) is 0.556. The van der Waals surface area contributed by atoms with Crippen molar-refractivity contribution >= 4 is 33.2 Å². The predicted molar refractivity (Wildman–Crippen MR) is 104 cm³/mol. The summed E-state index contributed by atoms with van der Waals surface area (Å²) in [5.74, 6) is -0.173. The van der Waals surface area contributed by atoms with E-state index in [1.54, 1.807) is 18.2 Å². The molecule has 148 valence electrons. The van der Waals surface area contributed by atoms with Gasteiger partial charge in [-0.2, -0.15) is 0 Å². The average Bonchev–Trinajstić information content (AvgIpc) is 2.71. The van der Waals surface area contributed by atoms with Crippen LogP contribution in [0.3, 0.4) is 0 Å². The van der Waals surface area contributed by atoms with E-state index >= 15 is 0 Å². The number of anilines is 2. The minimum absolute atomic E-state index is 0.0299. The molecular weight excluding hydrogens is 368 g/mol. The summed E-state index contributed by atoms with van der Waals surface area (Å²) < 4.78 is 26.6. The third-order valence-corrected chi connectivity index (χ3v) is 6.44. The number of nitrogens with one attached hydrogen (secondary N) is 3. The number of rotatable bonds is 7. The minimum Gasteiger partial charge on any atom is -0.372 e. The molecule has 1 saturated carbocycles. The summed E-state index contributed by atoms with van der Waals surface area (Å²) in [7, 11) is -1.50. The van der Waals surface area contributed by atoms with E-state index in [0.29, 0.717) is 36.7 Å². The zero-order valence-corrected chi connectivity index (χ0v) is 16.3. The number of benzene rings is 1. The van der Waals surface area contributed by atoms with Crippen LogP contribution >= 0.6 is 0 Å². The zero-order chi connectivity index (χ0) is 19.4. The molecule has 0 unspecified atom stereocenters. The Morgan fingerprint density at radius 1 is 1.33 bits per heavy atom. The van der Waals surface area contributed by atoms with Crippen LogP contribution < -0.4 is 20.3 Å². The Labute approximate surface area is 159 Å². The molecule has 0 radical (unpaired) electrons. The van der Waals surface area contributed by atoms with Gasteiger partial charge < -0.3 is 15.5 Å². The van der Waals surface area contributed by atoms with Crippen molar-refractivity contribution in [2.24, 2.45) is 5.92 Å². The highest BCUT2D eigenvalue weighted by Gasteiger charge is 2.21. The molecule has 3 N–H and O–H groups in total. The van der Waals surface area contributed by atoms with E-state index < -0.39 is 10.0 Å². The zero-order valence-electron chi connectivity index (χ0n) is 15.5. The van der Waals surface area contributed by atoms with Crippen LogP contribution in [0.1, 0.15) is 36.0 Å². The number of hydrogen-bond donors (Lipinski definition) is 3. The first-order chi connectivity index (χ1) is 12.8. The van der Waals surface area contributed by atoms with E-state index in [1.807, 2.05) is 11.9 Å². The molecule has 27 heavy (non-hydrogen) atoms. The molecule has 1 fully saturated rings. The quantitative estimate of drug-likeness (QED) is 0.637. The first kappa shape index (κ1) is 19.6. The molecule has 0 spiro atoms. The first-order valence-electron chi connectivity index (χ1n) is 9.24. The summed E-state index contributed by atoms with van der Waals surface area (Å²) in [5.41, 5.74) is 1.81. The van der Waals surface area contributed by atoms with Crippen molar-refractivity contribution < 1.29 is 18.0 Å². The summed E-state index contributed by atoms with van der Waals surface area (Å²) in [6.07, 6.45) is 3.70. The van der Waals surface area contributed by atoms with Crippen LogP contribution in [-0.2, 0) is 14.8 Å². The predicted octanol–water partition coefficient (Wildman–Crippen LogP) is 0.914. The fourth-order valence-corrected chi connectivity index (χ4v) is 4.13. The van der Waals surface area contributed by atoms with E-state index in [-0.39, 0.29) is 24.1 Å². The maximum Gasteiger partial charge on any atom is 0.251 e. The molecule has 2 aliphatic rings. The van der Waals surface area contributed by atoms with E-state index in [9.17, 15) is 18.0 Å². The van der Waals surface area contributed by atoms with Crippen molar-refractivity contribution in [3.63, 3.8) is 0 Å². The van der Waals surface area contributed by atoms with Gasteiger partial charge in [-0.05, 0) is 37.0 Å². The van der Waals surface area contributed by atoms with Crippen LogP contribution in [0.5, 0.6) is 0 Å². The lowest BCUT2D eigenvalue weighted by molar-refractivity contribution is -0.115. The minimum atomic E-state index is -3.39. The smallest absolute Gasteiger partial charge is 0.251 e. The molecule has 9 heteroatoms. The maximum atomic E-state index is 12.3. The lowest BCUT2D eigenvalue weighted by Crippen LogP contribution is -2.37. The van der Waals surface area contributed by atoms with Gasteiger partial charge in [0.15, 0.2) is 0 Å². The largest absolute Gasteiger partial charge is 0.372 e. The number of carbonyl (C=O) groups is 2. The Kier molecular flexibility index (Phi) is 6.01. The Balaban J connectivity index is 1.54. The molecule has 0 atom stereocenters. The second kappa shape index (κ2) is 8.26. The average molecular weight is 394 g/mol. The van der Waals surface area contributed by atoms with Crippen LogP contribution in [0.4, 0.5) is 11.4 Å². The summed E-state index contributed by atoms with van der Waals surface area (Å²) in [4.78, 5) is 26.1. The molecule has 3 rings (SSSR count). The highest BCUT2D eigenvalue weighted by Crippen LogP contribution is 2.29. The van der Waals surface area contributed by atoms with E-state index in [4.69, 9.17) is 0 Å². The maximum absolute atomic E-state index is 12.3. The number of fused-ring (bicyclic) bond motifs is 1. The van der Waals surface area contributed by atoms with Crippen LogP contribution in [0.25, 0.3) is 0 Å². The molecule has 8 nitrogen and oxygen atoms in total. The molecule has 1 aromatic rings. The third kappa shape index (κ3) is 5.20. The summed E-state index contributed by atoms with van der Waals surface area (Å²) in [5, 5.41) is 5.43. The van der Waals surface area contributed by atoms with Gasteiger partial charge in [-0.3, -0.25) is 9.59 Å². The molecule has 1 aromatic carbocycles. The van der Waals surface area contributed by atoms with Crippen molar-refractivity contribution in [3.05, 3.63) is 23.8 Å².